The van der Waals surface area contributed by atoms with E-state index in [0.717, 1.165) is 28.1 Å². The summed E-state index contributed by atoms with van der Waals surface area (Å²) < 4.78 is 10.7. The molecule has 0 atom stereocenters. The van der Waals surface area contributed by atoms with Crippen LogP contribution < -0.4 is 5.32 Å². The molecule has 130 valence electrons. The van der Waals surface area contributed by atoms with Crippen molar-refractivity contribution in [3.8, 4) is 11.3 Å². The Bertz CT molecular complexity index is 805. The molecule has 0 saturated carbocycles. The summed E-state index contributed by atoms with van der Waals surface area (Å²) >= 11 is 0. The fraction of sp³-hybridized carbons (Fsp3) is 0.278. The topological polar surface area (TPSA) is 93.6 Å². The monoisotopic (exact) mass is 341 g/mol. The Labute approximate surface area is 145 Å². The summed E-state index contributed by atoms with van der Waals surface area (Å²) in [6, 6.07) is 7.62. The molecule has 2 heterocycles. The zero-order chi connectivity index (χ0) is 17.6. The van der Waals surface area contributed by atoms with Gasteiger partial charge < -0.3 is 19.9 Å². The third-order valence-electron chi connectivity index (χ3n) is 3.72. The standard InChI is InChI=1S/C18H19N3O4/c1-2-24-7-6-16-20-15-11-25-10-14(15)17(21-16)13-5-3-4-12(8-13)9-19-18(22)23/h3-8,19H,2,9-11H2,1H3,(H,22,23). The lowest BCUT2D eigenvalue weighted by Gasteiger charge is -2.09. The Morgan fingerprint density at radius 1 is 1.40 bits per heavy atom. The number of nitrogens with one attached hydrogen (secondary N) is 1. The average molecular weight is 341 g/mol. The van der Waals surface area contributed by atoms with Crippen molar-refractivity contribution in [1.82, 2.24) is 15.3 Å². The van der Waals surface area contributed by atoms with Crippen LogP contribution in [-0.4, -0.2) is 27.8 Å². The molecule has 7 nitrogen and oxygen atoms in total. The molecule has 1 aliphatic heterocycles. The van der Waals surface area contributed by atoms with E-state index < -0.39 is 6.09 Å². The number of nitrogens with zero attached hydrogens (tertiary/aromatic N) is 2. The highest BCUT2D eigenvalue weighted by atomic mass is 16.5. The van der Waals surface area contributed by atoms with Gasteiger partial charge >= 0.3 is 6.09 Å². The molecule has 1 amide bonds. The molecule has 2 aromatic rings. The van der Waals surface area contributed by atoms with Crippen LogP contribution in [0.1, 0.15) is 29.6 Å². The smallest absolute Gasteiger partial charge is 0.404 e. The van der Waals surface area contributed by atoms with Gasteiger partial charge in [0, 0.05) is 23.7 Å². The van der Waals surface area contributed by atoms with Crippen LogP contribution in [-0.2, 0) is 29.2 Å². The average Bonchev–Trinajstić information content (AvgIpc) is 3.08. The molecular formula is C18H19N3O4. The molecule has 0 unspecified atom stereocenters. The lowest BCUT2D eigenvalue weighted by Crippen LogP contribution is -2.19. The highest BCUT2D eigenvalue weighted by Crippen LogP contribution is 2.29. The number of amides is 1. The fourth-order valence-corrected chi connectivity index (χ4v) is 2.60. The number of aromatic nitrogens is 2. The first kappa shape index (κ1) is 16.9. The molecule has 1 aromatic carbocycles. The fourth-order valence-electron chi connectivity index (χ4n) is 2.60. The second-order valence-corrected chi connectivity index (χ2v) is 5.47. The minimum Gasteiger partial charge on any atom is -0.501 e. The van der Waals surface area contributed by atoms with E-state index in [2.05, 4.69) is 15.3 Å². The first-order valence-electron chi connectivity index (χ1n) is 7.99. The van der Waals surface area contributed by atoms with Gasteiger partial charge in [0.2, 0.25) is 0 Å². The quantitative estimate of drug-likeness (QED) is 0.785. The zero-order valence-corrected chi connectivity index (χ0v) is 13.9. The van der Waals surface area contributed by atoms with Crippen LogP contribution in [0.25, 0.3) is 17.3 Å². The third-order valence-corrected chi connectivity index (χ3v) is 3.72. The number of benzene rings is 1. The van der Waals surface area contributed by atoms with E-state index in [1.807, 2.05) is 31.2 Å². The van der Waals surface area contributed by atoms with Crippen molar-refractivity contribution in [1.29, 1.82) is 0 Å². The largest absolute Gasteiger partial charge is 0.501 e. The summed E-state index contributed by atoms with van der Waals surface area (Å²) in [5.74, 6) is 0.557. The van der Waals surface area contributed by atoms with E-state index in [4.69, 9.17) is 14.6 Å². The number of carbonyl (C=O) groups is 1. The van der Waals surface area contributed by atoms with Gasteiger partial charge in [-0.05, 0) is 18.6 Å². The van der Waals surface area contributed by atoms with E-state index in [1.165, 1.54) is 0 Å². The molecule has 0 bridgehead atoms. The zero-order valence-electron chi connectivity index (χ0n) is 13.9. The molecule has 25 heavy (non-hydrogen) atoms. The SMILES string of the molecule is CCOC=Cc1nc2c(c(-c3cccc(CNC(=O)O)c3)n1)COC2. The van der Waals surface area contributed by atoms with Crippen molar-refractivity contribution in [2.75, 3.05) is 6.61 Å². The maximum Gasteiger partial charge on any atom is 0.404 e. The molecule has 0 radical (unpaired) electrons. The van der Waals surface area contributed by atoms with Crippen molar-refractivity contribution in [2.24, 2.45) is 0 Å². The summed E-state index contributed by atoms with van der Waals surface area (Å²) in [6.45, 7) is 3.65. The van der Waals surface area contributed by atoms with Gasteiger partial charge in [0.15, 0.2) is 5.82 Å². The molecular weight excluding hydrogens is 322 g/mol. The van der Waals surface area contributed by atoms with Crippen molar-refractivity contribution in [3.05, 3.63) is 53.2 Å². The van der Waals surface area contributed by atoms with Gasteiger partial charge in [-0.1, -0.05) is 18.2 Å². The van der Waals surface area contributed by atoms with Gasteiger partial charge in [0.05, 0.1) is 37.5 Å². The Morgan fingerprint density at radius 3 is 3.08 bits per heavy atom. The predicted octanol–water partition coefficient (Wildman–Crippen LogP) is 2.95. The number of rotatable bonds is 6. The van der Waals surface area contributed by atoms with Crippen molar-refractivity contribution >= 4 is 12.2 Å². The van der Waals surface area contributed by atoms with Crippen LogP contribution >= 0.6 is 0 Å². The molecule has 0 fully saturated rings. The lowest BCUT2D eigenvalue weighted by atomic mass is 10.0. The van der Waals surface area contributed by atoms with E-state index in [1.54, 1.807) is 12.3 Å². The molecule has 3 rings (SSSR count). The number of hydrogen-bond donors (Lipinski definition) is 2. The lowest BCUT2D eigenvalue weighted by molar-refractivity contribution is 0.133. The van der Waals surface area contributed by atoms with E-state index in [-0.39, 0.29) is 6.54 Å². The highest BCUT2D eigenvalue weighted by molar-refractivity contribution is 5.67. The molecule has 2 N–H and O–H groups in total. The predicted molar refractivity (Wildman–Crippen MR) is 91.5 cm³/mol. The summed E-state index contributed by atoms with van der Waals surface area (Å²) in [5, 5.41) is 11.1. The van der Waals surface area contributed by atoms with E-state index >= 15 is 0 Å². The van der Waals surface area contributed by atoms with Crippen LogP contribution in [0.2, 0.25) is 0 Å². The maximum atomic E-state index is 10.7. The van der Waals surface area contributed by atoms with E-state index in [0.29, 0.717) is 25.6 Å². The van der Waals surface area contributed by atoms with Crippen LogP contribution in [0.4, 0.5) is 4.79 Å². The number of fused-ring (bicyclic) bond motifs is 1. The normalized spacial score (nSPS) is 13.0. The number of hydrogen-bond acceptors (Lipinski definition) is 5. The number of carboxylic acid groups (broad SMARTS) is 1. The van der Waals surface area contributed by atoms with Crippen LogP contribution in [0, 0.1) is 0 Å². The summed E-state index contributed by atoms with van der Waals surface area (Å²) in [4.78, 5) is 19.8. The second-order valence-electron chi connectivity index (χ2n) is 5.47. The summed E-state index contributed by atoms with van der Waals surface area (Å²) in [5.41, 5.74) is 4.40. The molecule has 1 aliphatic rings. The Balaban J connectivity index is 1.95. The van der Waals surface area contributed by atoms with Gasteiger partial charge in [-0.25, -0.2) is 14.8 Å². The maximum absolute atomic E-state index is 10.7. The van der Waals surface area contributed by atoms with Crippen LogP contribution in [0.5, 0.6) is 0 Å². The minimum absolute atomic E-state index is 0.240. The summed E-state index contributed by atoms with van der Waals surface area (Å²) in [6.07, 6.45) is 2.25. The molecule has 0 saturated heterocycles. The van der Waals surface area contributed by atoms with Crippen LogP contribution in [0.15, 0.2) is 30.5 Å². The van der Waals surface area contributed by atoms with E-state index in [9.17, 15) is 4.79 Å². The Kier molecular flexibility index (Phi) is 5.25. The molecule has 1 aromatic heterocycles. The first-order chi connectivity index (χ1) is 12.2. The van der Waals surface area contributed by atoms with Gasteiger partial charge in [-0.2, -0.15) is 0 Å². The van der Waals surface area contributed by atoms with Gasteiger partial charge in [-0.3, -0.25) is 0 Å². The Morgan fingerprint density at radius 2 is 2.28 bits per heavy atom. The summed E-state index contributed by atoms with van der Waals surface area (Å²) in [7, 11) is 0. The van der Waals surface area contributed by atoms with Crippen LogP contribution in [0.3, 0.4) is 0 Å². The highest BCUT2D eigenvalue weighted by Gasteiger charge is 2.20. The minimum atomic E-state index is -1.05. The molecule has 0 spiro atoms. The van der Waals surface area contributed by atoms with Gasteiger partial charge in [0.25, 0.3) is 0 Å². The van der Waals surface area contributed by atoms with Crippen molar-refractivity contribution < 1.29 is 19.4 Å². The van der Waals surface area contributed by atoms with Gasteiger partial charge in [0.1, 0.15) is 0 Å². The second kappa shape index (κ2) is 7.76. The van der Waals surface area contributed by atoms with Gasteiger partial charge in [-0.15, -0.1) is 0 Å². The van der Waals surface area contributed by atoms with Crippen molar-refractivity contribution in [3.63, 3.8) is 0 Å². The van der Waals surface area contributed by atoms with Crippen molar-refractivity contribution in [2.45, 2.75) is 26.7 Å². The first-order valence-corrected chi connectivity index (χ1v) is 7.99. The Hall–Kier alpha value is -2.93. The molecule has 0 aliphatic carbocycles. The molecule has 7 heteroatoms. The third kappa shape index (κ3) is 4.13. The number of ether oxygens (including phenoxy) is 2.